The number of carbonyl (C=O) groups is 1. The highest BCUT2D eigenvalue weighted by atomic mass is 16.5. The van der Waals surface area contributed by atoms with E-state index < -0.39 is 5.54 Å². The first-order valence-electron chi connectivity index (χ1n) is 6.65. The fourth-order valence-corrected chi connectivity index (χ4v) is 2.57. The van der Waals surface area contributed by atoms with Gasteiger partial charge < -0.3 is 9.47 Å². The van der Waals surface area contributed by atoms with Crippen molar-refractivity contribution in [1.82, 2.24) is 5.32 Å². The summed E-state index contributed by atoms with van der Waals surface area (Å²) in [5.74, 6) is -0.196. The van der Waals surface area contributed by atoms with Crippen LogP contribution in [-0.2, 0) is 20.8 Å². The molecule has 1 aliphatic rings. The predicted octanol–water partition coefficient (Wildman–Crippen LogP) is 1.89. The number of methoxy groups -OCH3 is 1. The Kier molecular flexibility index (Phi) is 4.56. The van der Waals surface area contributed by atoms with Crippen molar-refractivity contribution >= 4 is 5.97 Å². The van der Waals surface area contributed by atoms with Crippen LogP contribution in [0.2, 0.25) is 0 Å². The number of ether oxygens (including phenoxy) is 2. The van der Waals surface area contributed by atoms with E-state index in [2.05, 4.69) is 5.32 Å². The minimum Gasteiger partial charge on any atom is -0.468 e. The van der Waals surface area contributed by atoms with Crippen LogP contribution in [0, 0.1) is 0 Å². The Balaban J connectivity index is 2.08. The normalized spacial score (nSPS) is 26.9. The fourth-order valence-electron chi connectivity index (χ4n) is 2.57. The average Bonchev–Trinajstić information content (AvgIpc) is 2.45. The molecule has 0 aliphatic carbocycles. The molecule has 0 amide bonds. The highest BCUT2D eigenvalue weighted by molar-refractivity contribution is 5.81. The van der Waals surface area contributed by atoms with E-state index in [0.717, 1.165) is 5.56 Å². The van der Waals surface area contributed by atoms with Gasteiger partial charge in [0.15, 0.2) is 0 Å². The second-order valence-corrected chi connectivity index (χ2v) is 5.05. The van der Waals surface area contributed by atoms with E-state index in [1.165, 1.54) is 7.11 Å². The molecule has 19 heavy (non-hydrogen) atoms. The summed E-state index contributed by atoms with van der Waals surface area (Å²) in [4.78, 5) is 12.1. The number of rotatable bonds is 4. The van der Waals surface area contributed by atoms with Crippen molar-refractivity contribution in [3.63, 3.8) is 0 Å². The second kappa shape index (κ2) is 6.17. The van der Waals surface area contributed by atoms with Crippen LogP contribution in [0.25, 0.3) is 0 Å². The van der Waals surface area contributed by atoms with Crippen LogP contribution in [0.15, 0.2) is 30.3 Å². The summed E-state index contributed by atoms with van der Waals surface area (Å²) in [6, 6.07) is 10.1. The van der Waals surface area contributed by atoms with Crippen molar-refractivity contribution in [2.24, 2.45) is 0 Å². The molecule has 0 saturated carbocycles. The van der Waals surface area contributed by atoms with Gasteiger partial charge in [0.25, 0.3) is 0 Å². The lowest BCUT2D eigenvalue weighted by Gasteiger charge is -2.38. The van der Waals surface area contributed by atoms with E-state index in [1.54, 1.807) is 0 Å². The van der Waals surface area contributed by atoms with Gasteiger partial charge in [0.1, 0.15) is 5.54 Å². The van der Waals surface area contributed by atoms with Crippen LogP contribution in [0.5, 0.6) is 0 Å². The van der Waals surface area contributed by atoms with Crippen molar-refractivity contribution in [2.45, 2.75) is 38.0 Å². The van der Waals surface area contributed by atoms with Gasteiger partial charge in [0.05, 0.1) is 13.2 Å². The zero-order valence-corrected chi connectivity index (χ0v) is 11.5. The molecule has 2 atom stereocenters. The highest BCUT2D eigenvalue weighted by Gasteiger charge is 2.43. The van der Waals surface area contributed by atoms with Crippen molar-refractivity contribution in [2.75, 3.05) is 13.7 Å². The molecule has 1 saturated heterocycles. The summed E-state index contributed by atoms with van der Waals surface area (Å²) in [5.41, 5.74) is 0.535. The Morgan fingerprint density at radius 1 is 1.47 bits per heavy atom. The van der Waals surface area contributed by atoms with Gasteiger partial charge in [-0.15, -0.1) is 0 Å². The standard InChI is InChI=1S/C15H21NO3/c1-12-10-15(8-9-19-12,14(17)18-2)16-11-13-6-4-3-5-7-13/h3-7,12,16H,8-11H2,1-2H3. The largest absolute Gasteiger partial charge is 0.468 e. The summed E-state index contributed by atoms with van der Waals surface area (Å²) in [6.07, 6.45) is 1.36. The molecule has 0 spiro atoms. The monoisotopic (exact) mass is 263 g/mol. The lowest BCUT2D eigenvalue weighted by atomic mass is 9.86. The van der Waals surface area contributed by atoms with Crippen LogP contribution < -0.4 is 5.32 Å². The summed E-state index contributed by atoms with van der Waals surface area (Å²) in [6.45, 7) is 3.22. The average molecular weight is 263 g/mol. The molecule has 2 rings (SSSR count). The van der Waals surface area contributed by atoms with Crippen LogP contribution in [0.4, 0.5) is 0 Å². The van der Waals surface area contributed by atoms with Gasteiger partial charge >= 0.3 is 5.97 Å². The van der Waals surface area contributed by atoms with Crippen molar-refractivity contribution < 1.29 is 14.3 Å². The third-order valence-corrected chi connectivity index (χ3v) is 3.62. The van der Waals surface area contributed by atoms with Gasteiger partial charge in [-0.3, -0.25) is 10.1 Å². The Morgan fingerprint density at radius 2 is 2.21 bits per heavy atom. The smallest absolute Gasteiger partial charge is 0.326 e. The zero-order valence-electron chi connectivity index (χ0n) is 11.5. The second-order valence-electron chi connectivity index (χ2n) is 5.05. The molecule has 104 valence electrons. The van der Waals surface area contributed by atoms with Gasteiger partial charge in [-0.25, -0.2) is 0 Å². The number of esters is 1. The Bertz CT molecular complexity index is 421. The first-order chi connectivity index (χ1) is 9.16. The molecule has 2 unspecified atom stereocenters. The van der Waals surface area contributed by atoms with Gasteiger partial charge in [-0.05, 0) is 18.9 Å². The van der Waals surface area contributed by atoms with Crippen molar-refractivity contribution in [3.8, 4) is 0 Å². The third kappa shape index (κ3) is 3.33. The molecule has 0 aromatic heterocycles. The van der Waals surface area contributed by atoms with Gasteiger partial charge in [0.2, 0.25) is 0 Å². The maximum Gasteiger partial charge on any atom is 0.326 e. The molecule has 1 fully saturated rings. The summed E-state index contributed by atoms with van der Waals surface area (Å²) < 4.78 is 10.5. The lowest BCUT2D eigenvalue weighted by molar-refractivity contribution is -0.155. The minimum absolute atomic E-state index is 0.0659. The molecule has 1 heterocycles. The molecule has 4 heteroatoms. The van der Waals surface area contributed by atoms with E-state index in [1.807, 2.05) is 37.3 Å². The summed E-state index contributed by atoms with van der Waals surface area (Å²) >= 11 is 0. The predicted molar refractivity (Wildman–Crippen MR) is 72.7 cm³/mol. The Morgan fingerprint density at radius 3 is 2.84 bits per heavy atom. The SMILES string of the molecule is COC(=O)C1(NCc2ccccc2)CCOC(C)C1. The number of hydrogen-bond donors (Lipinski definition) is 1. The summed E-state index contributed by atoms with van der Waals surface area (Å²) in [7, 11) is 1.44. The van der Waals surface area contributed by atoms with E-state index in [-0.39, 0.29) is 12.1 Å². The number of nitrogens with one attached hydrogen (secondary N) is 1. The zero-order chi connectivity index (χ0) is 13.7. The molecule has 1 aromatic rings. The lowest BCUT2D eigenvalue weighted by Crippen LogP contribution is -2.57. The Hall–Kier alpha value is -1.39. The van der Waals surface area contributed by atoms with Crippen LogP contribution in [-0.4, -0.2) is 31.3 Å². The fraction of sp³-hybridized carbons (Fsp3) is 0.533. The van der Waals surface area contributed by atoms with Gasteiger partial charge in [-0.2, -0.15) is 0 Å². The van der Waals surface area contributed by atoms with E-state index >= 15 is 0 Å². The first-order valence-corrected chi connectivity index (χ1v) is 6.65. The molecule has 4 nitrogen and oxygen atoms in total. The molecule has 0 bridgehead atoms. The first kappa shape index (κ1) is 14.0. The summed E-state index contributed by atoms with van der Waals surface area (Å²) in [5, 5.41) is 3.38. The van der Waals surface area contributed by atoms with E-state index in [4.69, 9.17) is 9.47 Å². The van der Waals surface area contributed by atoms with Crippen LogP contribution in [0.1, 0.15) is 25.3 Å². The molecule has 1 N–H and O–H groups in total. The van der Waals surface area contributed by atoms with Crippen molar-refractivity contribution in [3.05, 3.63) is 35.9 Å². The van der Waals surface area contributed by atoms with E-state index in [9.17, 15) is 4.79 Å². The minimum atomic E-state index is -0.623. The third-order valence-electron chi connectivity index (χ3n) is 3.62. The highest BCUT2D eigenvalue weighted by Crippen LogP contribution is 2.26. The molecule has 0 radical (unpaired) electrons. The van der Waals surface area contributed by atoms with E-state index in [0.29, 0.717) is 26.0 Å². The number of benzene rings is 1. The molecule has 1 aromatic carbocycles. The molecule has 1 aliphatic heterocycles. The quantitative estimate of drug-likeness (QED) is 0.843. The molecular weight excluding hydrogens is 242 g/mol. The maximum atomic E-state index is 12.1. The Labute approximate surface area is 114 Å². The molecular formula is C15H21NO3. The number of hydrogen-bond acceptors (Lipinski definition) is 4. The van der Waals surface area contributed by atoms with Gasteiger partial charge in [-0.1, -0.05) is 30.3 Å². The van der Waals surface area contributed by atoms with Crippen molar-refractivity contribution in [1.29, 1.82) is 0 Å². The van der Waals surface area contributed by atoms with Gasteiger partial charge in [0, 0.05) is 19.6 Å². The topological polar surface area (TPSA) is 47.6 Å². The van der Waals surface area contributed by atoms with Crippen LogP contribution in [0.3, 0.4) is 0 Å². The maximum absolute atomic E-state index is 12.1. The van der Waals surface area contributed by atoms with Crippen LogP contribution >= 0.6 is 0 Å². The number of carbonyl (C=O) groups excluding carboxylic acids is 1.